The molecule has 6 nitrogen and oxygen atoms in total. The van der Waals surface area contributed by atoms with E-state index in [0.29, 0.717) is 24.7 Å². The van der Waals surface area contributed by atoms with Crippen molar-refractivity contribution in [1.82, 2.24) is 10.9 Å². The summed E-state index contributed by atoms with van der Waals surface area (Å²) in [5.41, 5.74) is 10.8. The van der Waals surface area contributed by atoms with E-state index in [1.165, 1.54) is 0 Å². The van der Waals surface area contributed by atoms with Gasteiger partial charge in [0.1, 0.15) is 11.5 Å². The van der Waals surface area contributed by atoms with Crippen LogP contribution in [0.2, 0.25) is 0 Å². The zero-order valence-electron chi connectivity index (χ0n) is 11.6. The molecule has 1 aromatic carbocycles. The summed E-state index contributed by atoms with van der Waals surface area (Å²) in [5, 5.41) is 0.00933. The minimum Gasteiger partial charge on any atom is -0.494 e. The van der Waals surface area contributed by atoms with Crippen LogP contribution >= 0.6 is 12.2 Å². The number of carbonyl (C=O) groups is 1. The minimum atomic E-state index is -0.261. The van der Waals surface area contributed by atoms with E-state index in [9.17, 15) is 4.79 Å². The molecule has 0 aliphatic heterocycles. The van der Waals surface area contributed by atoms with Crippen molar-refractivity contribution in [3.63, 3.8) is 0 Å². The predicted octanol–water partition coefficient (Wildman–Crippen LogP) is 0.891. The molecule has 0 fully saturated rings. The summed E-state index contributed by atoms with van der Waals surface area (Å²) in [5.74, 6) is 1.08. The molecule has 1 aromatic rings. The van der Waals surface area contributed by atoms with Gasteiger partial charge in [0, 0.05) is 11.6 Å². The molecule has 0 atom stereocenters. The van der Waals surface area contributed by atoms with Crippen molar-refractivity contribution in [3.05, 3.63) is 23.8 Å². The van der Waals surface area contributed by atoms with Gasteiger partial charge in [0.2, 0.25) is 5.91 Å². The highest BCUT2D eigenvalue weighted by Crippen LogP contribution is 2.25. The van der Waals surface area contributed by atoms with Gasteiger partial charge >= 0.3 is 0 Å². The topological polar surface area (TPSA) is 85.6 Å². The number of carbonyl (C=O) groups excluding carboxylic acids is 1. The molecule has 0 radical (unpaired) electrons. The summed E-state index contributed by atoms with van der Waals surface area (Å²) in [7, 11) is 0. The fourth-order valence-electron chi connectivity index (χ4n) is 1.58. The highest BCUT2D eigenvalue weighted by molar-refractivity contribution is 7.80. The van der Waals surface area contributed by atoms with E-state index < -0.39 is 0 Å². The maximum Gasteiger partial charge on any atom is 0.242 e. The first kappa shape index (κ1) is 16.0. The number of ether oxygens (including phenoxy) is 2. The average molecular weight is 297 g/mol. The van der Waals surface area contributed by atoms with E-state index in [2.05, 4.69) is 23.1 Å². The van der Waals surface area contributed by atoms with Crippen molar-refractivity contribution in [2.75, 3.05) is 13.2 Å². The van der Waals surface area contributed by atoms with Crippen LogP contribution in [-0.2, 0) is 11.2 Å². The molecule has 0 bridgehead atoms. The van der Waals surface area contributed by atoms with E-state index in [1.807, 2.05) is 13.8 Å². The lowest BCUT2D eigenvalue weighted by Gasteiger charge is -2.13. The van der Waals surface area contributed by atoms with Crippen LogP contribution in [0.5, 0.6) is 11.5 Å². The highest BCUT2D eigenvalue weighted by Gasteiger charge is 2.10. The Balaban J connectivity index is 2.76. The molecule has 0 aliphatic rings. The Morgan fingerprint density at radius 3 is 2.55 bits per heavy atom. The second-order valence-corrected chi connectivity index (χ2v) is 4.29. The number of nitrogens with two attached hydrogens (primary N) is 1. The molecule has 0 spiro atoms. The van der Waals surface area contributed by atoms with Crippen LogP contribution in [0.3, 0.4) is 0 Å². The zero-order chi connectivity index (χ0) is 15.0. The second-order valence-electron chi connectivity index (χ2n) is 3.85. The largest absolute Gasteiger partial charge is 0.494 e. The fraction of sp³-hybridized carbons (Fsp3) is 0.385. The van der Waals surface area contributed by atoms with Crippen LogP contribution in [-0.4, -0.2) is 24.2 Å². The summed E-state index contributed by atoms with van der Waals surface area (Å²) >= 11 is 4.60. The third-order valence-electron chi connectivity index (χ3n) is 2.33. The lowest BCUT2D eigenvalue weighted by atomic mass is 10.1. The van der Waals surface area contributed by atoms with Crippen LogP contribution < -0.4 is 26.1 Å². The molecule has 0 aromatic heterocycles. The molecule has 0 saturated carbocycles. The Bertz CT molecular complexity index is 480. The second kappa shape index (κ2) is 8.21. The van der Waals surface area contributed by atoms with E-state index >= 15 is 0 Å². The number of thiocarbonyl (C=S) groups is 1. The summed E-state index contributed by atoms with van der Waals surface area (Å²) in [6.07, 6.45) is 0.150. The van der Waals surface area contributed by atoms with Crippen LogP contribution in [0, 0.1) is 0 Å². The Hall–Kier alpha value is -2.02. The van der Waals surface area contributed by atoms with Gasteiger partial charge in [-0.05, 0) is 32.1 Å². The molecule has 0 heterocycles. The molecule has 1 rings (SSSR count). The summed E-state index contributed by atoms with van der Waals surface area (Å²) < 4.78 is 10.9. The standard InChI is InChI=1S/C13H19N3O3S/c1-3-18-10-6-5-9(11(8-10)19-4-2)7-12(17)15-16-13(14)20/h5-6,8H,3-4,7H2,1-2H3,(H,15,17)(H3,14,16,20). The van der Waals surface area contributed by atoms with Crippen molar-refractivity contribution in [3.8, 4) is 11.5 Å². The molecular weight excluding hydrogens is 278 g/mol. The molecule has 110 valence electrons. The van der Waals surface area contributed by atoms with Crippen LogP contribution in [0.25, 0.3) is 0 Å². The van der Waals surface area contributed by atoms with Crippen molar-refractivity contribution in [2.24, 2.45) is 5.73 Å². The van der Waals surface area contributed by atoms with Gasteiger partial charge < -0.3 is 15.2 Å². The average Bonchev–Trinajstić information content (AvgIpc) is 2.40. The molecule has 4 N–H and O–H groups in total. The normalized spacial score (nSPS) is 9.70. The number of amides is 1. The third kappa shape index (κ3) is 5.31. The van der Waals surface area contributed by atoms with E-state index in [1.54, 1.807) is 18.2 Å². The van der Waals surface area contributed by atoms with Gasteiger partial charge in [-0.3, -0.25) is 15.6 Å². The van der Waals surface area contributed by atoms with E-state index in [4.69, 9.17) is 15.2 Å². The quantitative estimate of drug-likeness (QED) is 0.534. The maximum atomic E-state index is 11.7. The molecule has 20 heavy (non-hydrogen) atoms. The molecule has 1 amide bonds. The lowest BCUT2D eigenvalue weighted by molar-refractivity contribution is -0.121. The van der Waals surface area contributed by atoms with E-state index in [0.717, 1.165) is 5.56 Å². The Kier molecular flexibility index (Phi) is 6.58. The Morgan fingerprint density at radius 2 is 1.95 bits per heavy atom. The van der Waals surface area contributed by atoms with Crippen molar-refractivity contribution in [1.29, 1.82) is 0 Å². The number of hydrazine groups is 1. The highest BCUT2D eigenvalue weighted by atomic mass is 32.1. The van der Waals surface area contributed by atoms with Gasteiger partial charge in [-0.2, -0.15) is 0 Å². The number of hydrogen-bond acceptors (Lipinski definition) is 4. The summed E-state index contributed by atoms with van der Waals surface area (Å²) in [6.45, 7) is 4.87. The van der Waals surface area contributed by atoms with E-state index in [-0.39, 0.29) is 17.4 Å². The van der Waals surface area contributed by atoms with Crippen LogP contribution in [0.4, 0.5) is 0 Å². The monoisotopic (exact) mass is 297 g/mol. The van der Waals surface area contributed by atoms with Crippen molar-refractivity contribution < 1.29 is 14.3 Å². The van der Waals surface area contributed by atoms with Gasteiger partial charge in [-0.1, -0.05) is 6.07 Å². The minimum absolute atomic E-state index is 0.00933. The first-order valence-electron chi connectivity index (χ1n) is 6.29. The van der Waals surface area contributed by atoms with Gasteiger partial charge in [-0.25, -0.2) is 0 Å². The number of rotatable bonds is 6. The van der Waals surface area contributed by atoms with Gasteiger partial charge in [0.05, 0.1) is 19.6 Å². The third-order valence-corrected chi connectivity index (χ3v) is 2.43. The number of nitrogens with one attached hydrogen (secondary N) is 2. The molecule has 7 heteroatoms. The van der Waals surface area contributed by atoms with Crippen molar-refractivity contribution >= 4 is 23.2 Å². The zero-order valence-corrected chi connectivity index (χ0v) is 12.4. The Labute approximate surface area is 123 Å². The van der Waals surface area contributed by atoms with Crippen LogP contribution in [0.1, 0.15) is 19.4 Å². The van der Waals surface area contributed by atoms with Gasteiger partial charge in [-0.15, -0.1) is 0 Å². The lowest BCUT2D eigenvalue weighted by Crippen LogP contribution is -2.44. The fourth-order valence-corrected chi connectivity index (χ4v) is 1.63. The van der Waals surface area contributed by atoms with Gasteiger partial charge in [0.15, 0.2) is 5.11 Å². The number of hydrogen-bond donors (Lipinski definition) is 3. The first-order valence-corrected chi connectivity index (χ1v) is 6.70. The van der Waals surface area contributed by atoms with Crippen LogP contribution in [0.15, 0.2) is 18.2 Å². The summed E-state index contributed by atoms with van der Waals surface area (Å²) in [6, 6.07) is 5.38. The molecule has 0 saturated heterocycles. The first-order chi connectivity index (χ1) is 9.56. The van der Waals surface area contributed by atoms with Crippen molar-refractivity contribution in [2.45, 2.75) is 20.3 Å². The molecule has 0 unspecified atom stereocenters. The summed E-state index contributed by atoms with van der Waals surface area (Å²) in [4.78, 5) is 11.7. The van der Waals surface area contributed by atoms with Gasteiger partial charge in [0.25, 0.3) is 0 Å². The molecular formula is C13H19N3O3S. The Morgan fingerprint density at radius 1 is 1.25 bits per heavy atom. The molecule has 0 aliphatic carbocycles. The maximum absolute atomic E-state index is 11.7. The smallest absolute Gasteiger partial charge is 0.242 e. The predicted molar refractivity (Wildman–Crippen MR) is 80.5 cm³/mol. The SMILES string of the molecule is CCOc1ccc(CC(=O)NNC(N)=S)c(OCC)c1. The number of benzene rings is 1.